The second-order valence-corrected chi connectivity index (χ2v) is 8.18. The van der Waals surface area contributed by atoms with E-state index in [2.05, 4.69) is 19.1 Å². The Bertz CT molecular complexity index is 508. The highest BCUT2D eigenvalue weighted by Crippen LogP contribution is 2.64. The average Bonchev–Trinajstić information content (AvgIpc) is 2.82. The van der Waals surface area contributed by atoms with Crippen molar-refractivity contribution in [3.8, 4) is 0 Å². The maximum absolute atomic E-state index is 12.4. The first-order chi connectivity index (χ1) is 10.1. The van der Waals surface area contributed by atoms with E-state index in [9.17, 15) is 9.59 Å². The van der Waals surface area contributed by atoms with Gasteiger partial charge in [0.05, 0.1) is 0 Å². The maximum atomic E-state index is 12.4. The van der Waals surface area contributed by atoms with E-state index in [1.807, 2.05) is 0 Å². The minimum Gasteiger partial charge on any atom is -0.303 e. The third-order valence-electron chi connectivity index (χ3n) is 7.67. The van der Waals surface area contributed by atoms with Crippen LogP contribution in [0.2, 0.25) is 0 Å². The van der Waals surface area contributed by atoms with Crippen molar-refractivity contribution in [2.24, 2.45) is 34.5 Å². The third-order valence-corrected chi connectivity index (χ3v) is 7.67. The molecule has 0 unspecified atom stereocenters. The molecular weight excluding hydrogens is 260 g/mol. The summed E-state index contributed by atoms with van der Waals surface area (Å²) in [6.07, 6.45) is 14.3. The highest BCUT2D eigenvalue weighted by atomic mass is 16.1. The molecule has 0 aromatic carbocycles. The quantitative estimate of drug-likeness (QED) is 0.540. The molecule has 3 fully saturated rings. The predicted octanol–water partition coefficient (Wildman–Crippen LogP) is 3.94. The summed E-state index contributed by atoms with van der Waals surface area (Å²) in [6.45, 7) is 2.21. The number of hydrogen-bond acceptors (Lipinski definition) is 2. The Morgan fingerprint density at radius 1 is 1.14 bits per heavy atom. The molecule has 0 amide bonds. The molecule has 0 bridgehead atoms. The van der Waals surface area contributed by atoms with Crippen LogP contribution in [0.25, 0.3) is 0 Å². The van der Waals surface area contributed by atoms with Crippen molar-refractivity contribution in [3.63, 3.8) is 0 Å². The summed E-state index contributed by atoms with van der Waals surface area (Å²) in [5.74, 6) is 2.65. The van der Waals surface area contributed by atoms with E-state index < -0.39 is 0 Å². The molecule has 2 nitrogen and oxygen atoms in total. The molecule has 0 aromatic rings. The van der Waals surface area contributed by atoms with Gasteiger partial charge in [0.2, 0.25) is 0 Å². The smallest absolute Gasteiger partial charge is 0.139 e. The van der Waals surface area contributed by atoms with Crippen LogP contribution in [-0.4, -0.2) is 12.1 Å². The van der Waals surface area contributed by atoms with Crippen LogP contribution in [0.4, 0.5) is 0 Å². The summed E-state index contributed by atoms with van der Waals surface area (Å²) in [4.78, 5) is 24.5. The van der Waals surface area contributed by atoms with Gasteiger partial charge < -0.3 is 4.79 Å². The van der Waals surface area contributed by atoms with Crippen LogP contribution in [0.1, 0.15) is 58.3 Å². The van der Waals surface area contributed by atoms with Crippen LogP contribution in [0.15, 0.2) is 12.2 Å². The minimum absolute atomic E-state index is 0.0669. The molecule has 21 heavy (non-hydrogen) atoms. The lowest BCUT2D eigenvalue weighted by Gasteiger charge is -2.57. The monoisotopic (exact) mass is 286 g/mol. The Kier molecular flexibility index (Phi) is 2.96. The molecule has 0 aromatic heterocycles. The fourth-order valence-corrected chi connectivity index (χ4v) is 6.52. The molecule has 4 aliphatic carbocycles. The Hall–Kier alpha value is -0.920. The molecule has 4 rings (SSSR count). The second-order valence-electron chi connectivity index (χ2n) is 8.18. The van der Waals surface area contributed by atoms with E-state index in [1.54, 1.807) is 0 Å². The molecule has 4 aliphatic rings. The van der Waals surface area contributed by atoms with Crippen LogP contribution in [0.5, 0.6) is 0 Å². The predicted molar refractivity (Wildman–Crippen MR) is 81.6 cm³/mol. The summed E-state index contributed by atoms with van der Waals surface area (Å²) in [7, 11) is 0. The number of aldehydes is 1. The molecule has 0 heterocycles. The first-order valence-corrected chi connectivity index (χ1v) is 8.78. The molecule has 0 spiro atoms. The molecule has 0 radical (unpaired) electrons. The van der Waals surface area contributed by atoms with Gasteiger partial charge in [0.15, 0.2) is 0 Å². The number of ketones is 1. The zero-order valence-electron chi connectivity index (χ0n) is 13.0. The van der Waals surface area contributed by atoms with Crippen molar-refractivity contribution in [1.82, 2.24) is 0 Å². The SMILES string of the molecule is C[C@]12CC[C@H]3[C@@H](CC[C@H]4C=CCC[C@@]43C=O)[C@@H]1CCC2=O. The molecule has 0 saturated heterocycles. The first-order valence-electron chi connectivity index (χ1n) is 8.78. The Balaban J connectivity index is 1.72. The van der Waals surface area contributed by atoms with Gasteiger partial charge in [0, 0.05) is 17.3 Å². The van der Waals surface area contributed by atoms with Crippen molar-refractivity contribution in [2.75, 3.05) is 0 Å². The lowest BCUT2D eigenvalue weighted by molar-refractivity contribution is -0.143. The Labute approximate surface area is 127 Å². The zero-order chi connectivity index (χ0) is 14.7. The number of carbonyl (C=O) groups is 2. The fourth-order valence-electron chi connectivity index (χ4n) is 6.52. The topological polar surface area (TPSA) is 34.1 Å². The average molecular weight is 286 g/mol. The molecule has 0 N–H and O–H groups in total. The summed E-state index contributed by atoms with van der Waals surface area (Å²) in [6, 6.07) is 0. The lowest BCUT2D eigenvalue weighted by atomic mass is 9.46. The number of allylic oxidation sites excluding steroid dienone is 2. The summed E-state index contributed by atoms with van der Waals surface area (Å²) in [5.41, 5.74) is -0.173. The molecule has 114 valence electrons. The highest BCUT2D eigenvalue weighted by Gasteiger charge is 2.60. The van der Waals surface area contributed by atoms with E-state index in [0.717, 1.165) is 44.9 Å². The maximum Gasteiger partial charge on any atom is 0.139 e. The van der Waals surface area contributed by atoms with Gasteiger partial charge in [0.1, 0.15) is 12.1 Å². The van der Waals surface area contributed by atoms with Crippen molar-refractivity contribution in [2.45, 2.75) is 58.3 Å². The van der Waals surface area contributed by atoms with Crippen LogP contribution < -0.4 is 0 Å². The number of hydrogen-bond donors (Lipinski definition) is 0. The van der Waals surface area contributed by atoms with Crippen molar-refractivity contribution < 1.29 is 9.59 Å². The van der Waals surface area contributed by atoms with Gasteiger partial charge >= 0.3 is 0 Å². The van der Waals surface area contributed by atoms with Gasteiger partial charge in [-0.3, -0.25) is 4.79 Å². The van der Waals surface area contributed by atoms with E-state index in [1.165, 1.54) is 12.7 Å². The molecular formula is C19H26O2. The van der Waals surface area contributed by atoms with Gasteiger partial charge in [-0.25, -0.2) is 0 Å². The van der Waals surface area contributed by atoms with Crippen LogP contribution in [0.3, 0.4) is 0 Å². The molecule has 0 aliphatic heterocycles. The number of rotatable bonds is 1. The Morgan fingerprint density at radius 3 is 2.81 bits per heavy atom. The standard InChI is InChI=1S/C19H26O2/c1-18-11-9-16-14(15(18)7-8-17(18)21)6-5-13-4-2-3-10-19(13,16)12-20/h2,4,12-16H,3,5-11H2,1H3/t13-,14+,15+,16+,18+,19-/m1/s1. The summed E-state index contributed by atoms with van der Waals surface area (Å²) < 4.78 is 0. The third kappa shape index (κ3) is 1.65. The highest BCUT2D eigenvalue weighted by molar-refractivity contribution is 5.87. The van der Waals surface area contributed by atoms with Crippen molar-refractivity contribution in [3.05, 3.63) is 12.2 Å². The largest absolute Gasteiger partial charge is 0.303 e. The minimum atomic E-state index is -0.107. The van der Waals surface area contributed by atoms with Crippen molar-refractivity contribution in [1.29, 1.82) is 0 Å². The molecule has 2 heteroatoms. The Morgan fingerprint density at radius 2 is 2.00 bits per heavy atom. The van der Waals surface area contributed by atoms with Gasteiger partial charge in [-0.05, 0) is 68.6 Å². The van der Waals surface area contributed by atoms with Gasteiger partial charge in [0.25, 0.3) is 0 Å². The van der Waals surface area contributed by atoms with Crippen LogP contribution in [0, 0.1) is 34.5 Å². The lowest BCUT2D eigenvalue weighted by Crippen LogP contribution is -2.54. The van der Waals surface area contributed by atoms with E-state index in [4.69, 9.17) is 0 Å². The fraction of sp³-hybridized carbons (Fsp3) is 0.789. The van der Waals surface area contributed by atoms with E-state index >= 15 is 0 Å². The normalized spacial score (nSPS) is 52.0. The van der Waals surface area contributed by atoms with Crippen molar-refractivity contribution >= 4 is 12.1 Å². The van der Waals surface area contributed by atoms with Gasteiger partial charge in [-0.15, -0.1) is 0 Å². The first kappa shape index (κ1) is 13.7. The molecule has 6 atom stereocenters. The van der Waals surface area contributed by atoms with E-state index in [0.29, 0.717) is 29.5 Å². The second kappa shape index (κ2) is 4.54. The zero-order valence-corrected chi connectivity index (χ0v) is 13.0. The van der Waals surface area contributed by atoms with Crippen LogP contribution >= 0.6 is 0 Å². The number of carbonyl (C=O) groups excluding carboxylic acids is 2. The summed E-state index contributed by atoms with van der Waals surface area (Å²) in [5, 5.41) is 0. The van der Waals surface area contributed by atoms with Gasteiger partial charge in [-0.2, -0.15) is 0 Å². The summed E-state index contributed by atoms with van der Waals surface area (Å²) >= 11 is 0. The molecule has 3 saturated carbocycles. The van der Waals surface area contributed by atoms with Crippen LogP contribution in [-0.2, 0) is 9.59 Å². The van der Waals surface area contributed by atoms with Gasteiger partial charge in [-0.1, -0.05) is 19.1 Å². The van der Waals surface area contributed by atoms with E-state index in [-0.39, 0.29) is 10.8 Å². The number of fused-ring (bicyclic) bond motifs is 5. The number of Topliss-reactive ketones (excluding diaryl/α,β-unsaturated/α-hetero) is 1.